The number of aromatic nitrogens is 2. The Balaban J connectivity index is 1.63. The molecule has 0 unspecified atom stereocenters. The summed E-state index contributed by atoms with van der Waals surface area (Å²) in [5.74, 6) is 1.11. The number of benzene rings is 1. The standard InChI is InChI=1S/C21H23N3O3S2/c1-15-24-17(13-28-15)14-29-19-8-4-3-7-18(19)20(25)23-12-16-6-5-9-22-21(16)27-11-10-26-2/h3-9,13H,10-12,14H2,1-2H3,(H,23,25). The Hall–Kier alpha value is -2.42. The number of nitrogens with one attached hydrogen (secondary N) is 1. The molecule has 8 heteroatoms. The molecule has 0 bridgehead atoms. The zero-order chi connectivity index (χ0) is 20.5. The van der Waals surface area contributed by atoms with Crippen molar-refractivity contribution in [2.45, 2.75) is 24.1 Å². The summed E-state index contributed by atoms with van der Waals surface area (Å²) >= 11 is 3.25. The van der Waals surface area contributed by atoms with Crippen molar-refractivity contribution in [1.82, 2.24) is 15.3 Å². The Morgan fingerprint density at radius 1 is 1.21 bits per heavy atom. The monoisotopic (exact) mass is 429 g/mol. The van der Waals surface area contributed by atoms with Gasteiger partial charge in [0.1, 0.15) is 6.61 Å². The Morgan fingerprint density at radius 3 is 2.86 bits per heavy atom. The third-order valence-corrected chi connectivity index (χ3v) is 5.92. The summed E-state index contributed by atoms with van der Waals surface area (Å²) < 4.78 is 10.6. The van der Waals surface area contributed by atoms with Gasteiger partial charge in [-0.25, -0.2) is 9.97 Å². The van der Waals surface area contributed by atoms with Crippen molar-refractivity contribution < 1.29 is 14.3 Å². The first kappa shape index (κ1) is 21.3. The Labute approximate surface area is 178 Å². The van der Waals surface area contributed by atoms with Crippen LogP contribution >= 0.6 is 23.1 Å². The smallest absolute Gasteiger partial charge is 0.252 e. The molecule has 3 rings (SSSR count). The highest BCUT2D eigenvalue weighted by molar-refractivity contribution is 7.98. The highest BCUT2D eigenvalue weighted by atomic mass is 32.2. The van der Waals surface area contributed by atoms with Gasteiger partial charge in [-0.05, 0) is 25.1 Å². The molecule has 0 saturated carbocycles. The minimum Gasteiger partial charge on any atom is -0.475 e. The number of hydrogen-bond donors (Lipinski definition) is 1. The molecule has 1 amide bonds. The van der Waals surface area contributed by atoms with E-state index in [2.05, 4.69) is 20.7 Å². The molecule has 2 heterocycles. The summed E-state index contributed by atoms with van der Waals surface area (Å²) in [5.41, 5.74) is 2.50. The zero-order valence-electron chi connectivity index (χ0n) is 16.4. The lowest BCUT2D eigenvalue weighted by atomic mass is 10.2. The molecule has 1 N–H and O–H groups in total. The predicted molar refractivity (Wildman–Crippen MR) is 116 cm³/mol. The van der Waals surface area contributed by atoms with Gasteiger partial charge in [0.25, 0.3) is 5.91 Å². The molecule has 0 radical (unpaired) electrons. The van der Waals surface area contributed by atoms with Gasteiger partial charge >= 0.3 is 0 Å². The second-order valence-corrected chi connectivity index (χ2v) is 8.21. The van der Waals surface area contributed by atoms with Crippen LogP contribution in [0.3, 0.4) is 0 Å². The van der Waals surface area contributed by atoms with Crippen LogP contribution in [0.4, 0.5) is 0 Å². The van der Waals surface area contributed by atoms with Crippen LogP contribution in [0.15, 0.2) is 52.9 Å². The average Bonchev–Trinajstić information content (AvgIpc) is 3.17. The summed E-state index contributed by atoms with van der Waals surface area (Å²) in [4.78, 5) is 22.5. The number of thioether (sulfide) groups is 1. The minimum atomic E-state index is -0.130. The van der Waals surface area contributed by atoms with Gasteiger partial charge in [-0.2, -0.15) is 0 Å². The van der Waals surface area contributed by atoms with E-state index in [9.17, 15) is 4.79 Å². The van der Waals surface area contributed by atoms with Crippen molar-refractivity contribution in [2.75, 3.05) is 20.3 Å². The van der Waals surface area contributed by atoms with E-state index < -0.39 is 0 Å². The largest absolute Gasteiger partial charge is 0.475 e. The third kappa shape index (κ3) is 6.28. The fourth-order valence-electron chi connectivity index (χ4n) is 2.59. The Morgan fingerprint density at radius 2 is 2.07 bits per heavy atom. The van der Waals surface area contributed by atoms with E-state index in [4.69, 9.17) is 9.47 Å². The molecule has 0 saturated heterocycles. The van der Waals surface area contributed by atoms with Crippen LogP contribution in [0.2, 0.25) is 0 Å². The van der Waals surface area contributed by atoms with Crippen LogP contribution in [0.5, 0.6) is 5.88 Å². The van der Waals surface area contributed by atoms with Crippen LogP contribution in [0, 0.1) is 6.92 Å². The van der Waals surface area contributed by atoms with E-state index in [1.807, 2.05) is 43.3 Å². The SMILES string of the molecule is COCCOc1ncccc1CNC(=O)c1ccccc1SCc1csc(C)n1. The second-order valence-electron chi connectivity index (χ2n) is 6.13. The van der Waals surface area contributed by atoms with Gasteiger partial charge in [-0.3, -0.25) is 4.79 Å². The van der Waals surface area contributed by atoms with Gasteiger partial charge < -0.3 is 14.8 Å². The maximum atomic E-state index is 12.8. The fraction of sp³-hybridized carbons (Fsp3) is 0.286. The molecule has 0 aliphatic carbocycles. The Kier molecular flexibility index (Phi) is 8.03. The quantitative estimate of drug-likeness (QED) is 0.386. The number of hydrogen-bond acceptors (Lipinski definition) is 7. The molecular weight excluding hydrogens is 406 g/mol. The highest BCUT2D eigenvalue weighted by Crippen LogP contribution is 2.27. The number of carbonyl (C=O) groups is 1. The number of aryl methyl sites for hydroxylation is 1. The average molecular weight is 430 g/mol. The molecule has 0 atom stereocenters. The third-order valence-electron chi connectivity index (χ3n) is 3.99. The minimum absolute atomic E-state index is 0.130. The molecular formula is C21H23N3O3S2. The topological polar surface area (TPSA) is 73.3 Å². The Bertz CT molecular complexity index is 946. The van der Waals surface area contributed by atoms with Crippen LogP contribution in [0.1, 0.15) is 26.6 Å². The molecule has 0 fully saturated rings. The van der Waals surface area contributed by atoms with Crippen molar-refractivity contribution in [3.8, 4) is 5.88 Å². The van der Waals surface area contributed by atoms with Crippen LogP contribution in [-0.2, 0) is 17.0 Å². The summed E-state index contributed by atoms with van der Waals surface area (Å²) in [7, 11) is 1.62. The number of thiazole rings is 1. The number of carbonyl (C=O) groups excluding carboxylic acids is 1. The number of pyridine rings is 1. The van der Waals surface area contributed by atoms with E-state index in [1.54, 1.807) is 36.4 Å². The first-order chi connectivity index (χ1) is 14.2. The molecule has 2 aromatic heterocycles. The molecule has 0 aliphatic heterocycles. The summed E-state index contributed by atoms with van der Waals surface area (Å²) in [6.45, 7) is 3.21. The van der Waals surface area contributed by atoms with Crippen LogP contribution < -0.4 is 10.1 Å². The maximum absolute atomic E-state index is 12.8. The molecule has 1 aromatic carbocycles. The lowest BCUT2D eigenvalue weighted by molar-refractivity contribution is 0.0947. The van der Waals surface area contributed by atoms with Gasteiger partial charge in [-0.15, -0.1) is 23.1 Å². The van der Waals surface area contributed by atoms with E-state index in [-0.39, 0.29) is 5.91 Å². The number of methoxy groups -OCH3 is 1. The highest BCUT2D eigenvalue weighted by Gasteiger charge is 2.13. The van der Waals surface area contributed by atoms with Crippen molar-refractivity contribution in [1.29, 1.82) is 0 Å². The molecule has 0 spiro atoms. The van der Waals surface area contributed by atoms with Crippen molar-refractivity contribution in [2.24, 2.45) is 0 Å². The van der Waals surface area contributed by atoms with Crippen molar-refractivity contribution >= 4 is 29.0 Å². The number of nitrogens with zero attached hydrogens (tertiary/aromatic N) is 2. The van der Waals surface area contributed by atoms with E-state index in [0.717, 1.165) is 26.9 Å². The van der Waals surface area contributed by atoms with Crippen LogP contribution in [-0.4, -0.2) is 36.2 Å². The van der Waals surface area contributed by atoms with Crippen molar-refractivity contribution in [3.05, 3.63) is 69.8 Å². The molecule has 6 nitrogen and oxygen atoms in total. The molecule has 3 aromatic rings. The summed E-state index contributed by atoms with van der Waals surface area (Å²) in [6.07, 6.45) is 1.67. The first-order valence-corrected chi connectivity index (χ1v) is 11.0. The first-order valence-electron chi connectivity index (χ1n) is 9.14. The van der Waals surface area contributed by atoms with E-state index in [1.165, 1.54) is 0 Å². The normalized spacial score (nSPS) is 10.7. The molecule has 29 heavy (non-hydrogen) atoms. The fourth-order valence-corrected chi connectivity index (χ4v) is 4.25. The number of amides is 1. The van der Waals surface area contributed by atoms with Gasteiger partial charge in [0.05, 0.1) is 22.9 Å². The van der Waals surface area contributed by atoms with Gasteiger partial charge in [0.15, 0.2) is 0 Å². The van der Waals surface area contributed by atoms with E-state index >= 15 is 0 Å². The molecule has 152 valence electrons. The predicted octanol–water partition coefficient (Wildman–Crippen LogP) is 4.09. The lowest BCUT2D eigenvalue weighted by Crippen LogP contribution is -2.24. The number of rotatable bonds is 10. The zero-order valence-corrected chi connectivity index (χ0v) is 18.0. The van der Waals surface area contributed by atoms with Gasteiger partial charge in [0.2, 0.25) is 5.88 Å². The van der Waals surface area contributed by atoms with E-state index in [0.29, 0.717) is 31.2 Å². The van der Waals surface area contributed by atoms with Crippen LogP contribution in [0.25, 0.3) is 0 Å². The second kappa shape index (κ2) is 10.9. The maximum Gasteiger partial charge on any atom is 0.252 e. The lowest BCUT2D eigenvalue weighted by Gasteiger charge is -2.12. The molecule has 0 aliphatic rings. The number of ether oxygens (including phenoxy) is 2. The van der Waals surface area contributed by atoms with Gasteiger partial charge in [-0.1, -0.05) is 18.2 Å². The van der Waals surface area contributed by atoms with Crippen molar-refractivity contribution in [3.63, 3.8) is 0 Å². The van der Waals surface area contributed by atoms with Gasteiger partial charge in [0, 0.05) is 41.4 Å². The summed E-state index contributed by atoms with van der Waals surface area (Å²) in [5, 5.41) is 6.07. The summed E-state index contributed by atoms with van der Waals surface area (Å²) in [6, 6.07) is 11.3.